The molecule has 31 heavy (non-hydrogen) atoms. The summed E-state index contributed by atoms with van der Waals surface area (Å²) in [5.41, 5.74) is 0. The molecule has 0 aromatic heterocycles. The van der Waals surface area contributed by atoms with E-state index in [4.69, 9.17) is 18.5 Å². The molecule has 7 nitrogen and oxygen atoms in total. The van der Waals surface area contributed by atoms with Gasteiger partial charge in [-0.15, -0.1) is 0 Å². The third kappa shape index (κ3) is 23.0. The van der Waals surface area contributed by atoms with Gasteiger partial charge in [-0.3, -0.25) is 4.57 Å². The molecule has 0 amide bonds. The number of rotatable bonds is 23. The molecule has 0 aromatic rings. The van der Waals surface area contributed by atoms with Gasteiger partial charge in [0.15, 0.2) is 0 Å². The first-order valence-corrected chi connectivity index (χ1v) is 13.7. The molecule has 188 valence electrons. The second kappa shape index (κ2) is 19.5. The van der Waals surface area contributed by atoms with Gasteiger partial charge in [-0.2, -0.15) is 0 Å². The molecule has 2 atom stereocenters. The smallest absolute Gasteiger partial charge is 0.268 e. The zero-order chi connectivity index (χ0) is 23.4. The van der Waals surface area contributed by atoms with Crippen molar-refractivity contribution in [3.8, 4) is 0 Å². The molecule has 0 saturated heterocycles. The fourth-order valence-electron chi connectivity index (χ4n) is 3.08. The number of hydrogen-bond acceptors (Lipinski definition) is 6. The molecule has 0 rings (SSSR count). The monoisotopic (exact) mass is 467 g/mol. The van der Waals surface area contributed by atoms with Crippen LogP contribution in [0.5, 0.6) is 0 Å². The highest BCUT2D eigenvalue weighted by atomic mass is 31.2. The van der Waals surface area contributed by atoms with E-state index in [1.165, 1.54) is 77.7 Å². The van der Waals surface area contributed by atoms with Crippen molar-refractivity contribution >= 4 is 7.82 Å². The lowest BCUT2D eigenvalue weighted by Gasteiger charge is -2.28. The molecule has 0 spiro atoms. The van der Waals surface area contributed by atoms with Crippen LogP contribution >= 0.6 is 7.82 Å². The highest BCUT2D eigenvalue weighted by Crippen LogP contribution is 2.38. The van der Waals surface area contributed by atoms with Crippen LogP contribution in [-0.4, -0.2) is 71.8 Å². The molecule has 0 fully saturated rings. The summed E-state index contributed by atoms with van der Waals surface area (Å²) in [7, 11) is 3.11. The highest BCUT2D eigenvalue weighted by Gasteiger charge is 2.16. The van der Waals surface area contributed by atoms with Crippen molar-refractivity contribution in [2.45, 2.75) is 90.1 Å². The van der Waals surface area contributed by atoms with Crippen LogP contribution in [0.1, 0.15) is 84.0 Å². The molecule has 8 heteroatoms. The van der Waals surface area contributed by atoms with E-state index >= 15 is 0 Å². The van der Waals surface area contributed by atoms with E-state index in [1.807, 2.05) is 21.1 Å². The molecule has 0 aliphatic rings. The zero-order valence-corrected chi connectivity index (χ0v) is 21.8. The summed E-state index contributed by atoms with van der Waals surface area (Å²) in [6.45, 7) is 3.80. The molecule has 0 saturated carbocycles. The molecule has 0 radical (unpaired) electrons. The van der Waals surface area contributed by atoms with E-state index in [1.54, 1.807) is 0 Å². The van der Waals surface area contributed by atoms with Crippen LogP contribution in [0.15, 0.2) is 0 Å². The van der Waals surface area contributed by atoms with Crippen LogP contribution in [0.2, 0.25) is 0 Å². The van der Waals surface area contributed by atoms with Crippen molar-refractivity contribution in [2.24, 2.45) is 0 Å². The van der Waals surface area contributed by atoms with Crippen LogP contribution in [0, 0.1) is 0 Å². The summed E-state index contributed by atoms with van der Waals surface area (Å²) in [6.07, 6.45) is 15.3. The SMILES string of the molecule is CCCCCCCCCCCCCCOC[C@@H](COP(=O)([O-])OCC[N+](C)(C)C)OC. The number of unbranched alkanes of at least 4 members (excludes halogenated alkanes) is 11. The maximum Gasteiger partial charge on any atom is 0.268 e. The standard InChI is InChI=1S/C23H50NO6P/c1-6-7-8-9-10-11-12-13-14-15-16-17-19-28-21-23(27-5)22-30-31(25,26)29-20-18-24(2,3)4/h23H,6-22H2,1-5H3/t23-/m0/s1. The number of quaternary nitrogens is 1. The number of ether oxygens (including phenoxy) is 2. The van der Waals surface area contributed by atoms with Gasteiger partial charge in [0.25, 0.3) is 7.82 Å². The molecule has 0 N–H and O–H groups in total. The summed E-state index contributed by atoms with van der Waals surface area (Å²) in [4.78, 5) is 11.8. The van der Waals surface area contributed by atoms with Crippen LogP contribution in [0.4, 0.5) is 0 Å². The normalized spacial score (nSPS) is 15.2. The van der Waals surface area contributed by atoms with E-state index in [0.29, 0.717) is 24.2 Å². The van der Waals surface area contributed by atoms with Gasteiger partial charge >= 0.3 is 0 Å². The predicted molar refractivity (Wildman–Crippen MR) is 125 cm³/mol. The summed E-state index contributed by atoms with van der Waals surface area (Å²) in [6, 6.07) is 0. The second-order valence-electron chi connectivity index (χ2n) is 9.41. The average Bonchev–Trinajstić information content (AvgIpc) is 2.69. The largest absolute Gasteiger partial charge is 0.756 e. The van der Waals surface area contributed by atoms with Crippen molar-refractivity contribution < 1.29 is 32.5 Å². The highest BCUT2D eigenvalue weighted by molar-refractivity contribution is 7.45. The molecule has 0 aromatic carbocycles. The Bertz CT molecular complexity index is 444. The number of likely N-dealkylation sites (N-methyl/N-ethyl adjacent to an activating group) is 1. The Morgan fingerprint density at radius 1 is 0.774 bits per heavy atom. The third-order valence-electron chi connectivity index (χ3n) is 5.21. The van der Waals surface area contributed by atoms with E-state index in [2.05, 4.69) is 6.92 Å². The predicted octanol–water partition coefficient (Wildman–Crippen LogP) is 4.93. The van der Waals surface area contributed by atoms with Gasteiger partial charge in [-0.05, 0) is 6.42 Å². The number of nitrogens with zero attached hydrogens (tertiary/aromatic N) is 1. The van der Waals surface area contributed by atoms with Crippen LogP contribution in [0.3, 0.4) is 0 Å². The molecular formula is C23H50NO6P. The molecule has 1 unspecified atom stereocenters. The number of phosphoric ester groups is 1. The van der Waals surface area contributed by atoms with Gasteiger partial charge in [0.2, 0.25) is 0 Å². The molecular weight excluding hydrogens is 417 g/mol. The molecule has 0 bridgehead atoms. The summed E-state index contributed by atoms with van der Waals surface area (Å²) >= 11 is 0. The Morgan fingerprint density at radius 2 is 1.29 bits per heavy atom. The Balaban J connectivity index is 3.59. The van der Waals surface area contributed by atoms with Crippen LogP contribution < -0.4 is 4.89 Å². The fourth-order valence-corrected chi connectivity index (χ4v) is 3.81. The first-order chi connectivity index (χ1) is 14.7. The van der Waals surface area contributed by atoms with E-state index in [9.17, 15) is 9.46 Å². The van der Waals surface area contributed by atoms with E-state index in [0.717, 1.165) is 6.42 Å². The lowest BCUT2D eigenvalue weighted by Crippen LogP contribution is -2.37. The van der Waals surface area contributed by atoms with E-state index in [-0.39, 0.29) is 13.2 Å². The Morgan fingerprint density at radius 3 is 1.77 bits per heavy atom. The number of phosphoric acid groups is 1. The number of hydrogen-bond donors (Lipinski definition) is 0. The zero-order valence-electron chi connectivity index (χ0n) is 20.9. The minimum Gasteiger partial charge on any atom is -0.756 e. The maximum absolute atomic E-state index is 11.8. The van der Waals surface area contributed by atoms with Gasteiger partial charge in [-0.25, -0.2) is 0 Å². The average molecular weight is 468 g/mol. The fraction of sp³-hybridized carbons (Fsp3) is 1.00. The Hall–Kier alpha value is -0.0100. The van der Waals surface area contributed by atoms with Crippen molar-refractivity contribution in [3.05, 3.63) is 0 Å². The van der Waals surface area contributed by atoms with Gasteiger partial charge in [0, 0.05) is 13.7 Å². The van der Waals surface area contributed by atoms with Gasteiger partial charge in [0.1, 0.15) is 19.3 Å². The van der Waals surface area contributed by atoms with Crippen molar-refractivity contribution in [2.75, 3.05) is 61.2 Å². The number of methoxy groups -OCH3 is 1. The molecule has 0 aliphatic heterocycles. The first-order valence-electron chi connectivity index (χ1n) is 12.2. The molecule has 0 aliphatic carbocycles. The maximum atomic E-state index is 11.8. The minimum absolute atomic E-state index is 0.0946. The van der Waals surface area contributed by atoms with Crippen molar-refractivity contribution in [1.29, 1.82) is 0 Å². The quantitative estimate of drug-likeness (QED) is 0.121. The summed E-state index contributed by atoms with van der Waals surface area (Å²) < 4.78 is 33.1. The van der Waals surface area contributed by atoms with Gasteiger partial charge in [-0.1, -0.05) is 77.6 Å². The van der Waals surface area contributed by atoms with Gasteiger partial charge in [0.05, 0.1) is 34.4 Å². The minimum atomic E-state index is -4.31. The van der Waals surface area contributed by atoms with Crippen LogP contribution in [-0.2, 0) is 23.1 Å². The van der Waals surface area contributed by atoms with E-state index < -0.39 is 13.9 Å². The molecule has 0 heterocycles. The lowest BCUT2D eigenvalue weighted by molar-refractivity contribution is -0.870. The van der Waals surface area contributed by atoms with Gasteiger partial charge < -0.3 is 27.9 Å². The summed E-state index contributed by atoms with van der Waals surface area (Å²) in [5.74, 6) is 0. The topological polar surface area (TPSA) is 77.1 Å². The second-order valence-corrected chi connectivity index (χ2v) is 10.8. The van der Waals surface area contributed by atoms with Crippen molar-refractivity contribution in [1.82, 2.24) is 0 Å². The summed E-state index contributed by atoms with van der Waals surface area (Å²) in [5, 5.41) is 0. The van der Waals surface area contributed by atoms with Crippen molar-refractivity contribution in [3.63, 3.8) is 0 Å². The first kappa shape index (κ1) is 31.0. The third-order valence-corrected chi connectivity index (χ3v) is 6.17. The van der Waals surface area contributed by atoms with Crippen LogP contribution in [0.25, 0.3) is 0 Å². The Labute approximate surface area is 192 Å². The lowest BCUT2D eigenvalue weighted by atomic mass is 10.1. The Kier molecular flexibility index (Phi) is 19.5.